The van der Waals surface area contributed by atoms with E-state index in [-0.39, 0.29) is 6.10 Å². The molecule has 0 aliphatic carbocycles. The fourth-order valence-electron chi connectivity index (χ4n) is 1.56. The second-order valence-corrected chi connectivity index (χ2v) is 5.20. The van der Waals surface area contributed by atoms with E-state index >= 15 is 0 Å². The van der Waals surface area contributed by atoms with Crippen LogP contribution in [0.2, 0.25) is 0 Å². The Morgan fingerprint density at radius 3 is 2.47 bits per heavy atom. The summed E-state index contributed by atoms with van der Waals surface area (Å²) in [6, 6.07) is 10.0. The fourth-order valence-corrected chi connectivity index (χ4v) is 2.02. The van der Waals surface area contributed by atoms with Gasteiger partial charge in [0.1, 0.15) is 0 Å². The van der Waals surface area contributed by atoms with Gasteiger partial charge in [0, 0.05) is 0 Å². The molecule has 0 bridgehead atoms. The topological polar surface area (TPSA) is 27.1 Å². The standard InChI is InChI=1S/C13H15IN2O/c1-9(2)17-13-12(14)10(3)15-16(13)11-7-5-4-6-8-11/h4-9H,1-3H3. The molecule has 1 aromatic carbocycles. The van der Waals surface area contributed by atoms with Gasteiger partial charge in [0.2, 0.25) is 5.88 Å². The first kappa shape index (κ1) is 12.4. The number of nitrogens with zero attached hydrogens (tertiary/aromatic N) is 2. The maximum absolute atomic E-state index is 5.84. The van der Waals surface area contributed by atoms with Crippen molar-refractivity contribution in [1.29, 1.82) is 0 Å². The third-order valence-electron chi connectivity index (χ3n) is 2.30. The minimum Gasteiger partial charge on any atom is -0.474 e. The van der Waals surface area contributed by atoms with Gasteiger partial charge >= 0.3 is 0 Å². The number of aryl methyl sites for hydroxylation is 1. The van der Waals surface area contributed by atoms with Crippen LogP contribution in [0.5, 0.6) is 5.88 Å². The molecule has 0 N–H and O–H groups in total. The molecule has 0 aliphatic rings. The average molecular weight is 342 g/mol. The molecule has 17 heavy (non-hydrogen) atoms. The summed E-state index contributed by atoms with van der Waals surface area (Å²) in [5.74, 6) is 0.823. The first-order valence-electron chi connectivity index (χ1n) is 5.57. The first-order valence-corrected chi connectivity index (χ1v) is 6.64. The van der Waals surface area contributed by atoms with Gasteiger partial charge in [-0.25, -0.2) is 0 Å². The van der Waals surface area contributed by atoms with Crippen LogP contribution in [0.4, 0.5) is 0 Å². The van der Waals surface area contributed by atoms with Gasteiger partial charge in [-0.05, 0) is 55.5 Å². The molecule has 0 amide bonds. The third-order valence-corrected chi connectivity index (χ3v) is 3.54. The molecule has 3 nitrogen and oxygen atoms in total. The summed E-state index contributed by atoms with van der Waals surface area (Å²) < 4.78 is 8.77. The number of rotatable bonds is 3. The van der Waals surface area contributed by atoms with Gasteiger partial charge < -0.3 is 4.74 Å². The Labute approximate surface area is 115 Å². The van der Waals surface area contributed by atoms with Crippen LogP contribution in [0.15, 0.2) is 30.3 Å². The van der Waals surface area contributed by atoms with Crippen molar-refractivity contribution < 1.29 is 4.74 Å². The van der Waals surface area contributed by atoms with Crippen LogP contribution in [-0.4, -0.2) is 15.9 Å². The van der Waals surface area contributed by atoms with Crippen molar-refractivity contribution >= 4 is 22.6 Å². The fraction of sp³-hybridized carbons (Fsp3) is 0.308. The van der Waals surface area contributed by atoms with Crippen LogP contribution in [-0.2, 0) is 0 Å². The van der Waals surface area contributed by atoms with E-state index in [1.165, 1.54) is 0 Å². The van der Waals surface area contributed by atoms with Gasteiger partial charge in [-0.3, -0.25) is 0 Å². The van der Waals surface area contributed by atoms with Crippen LogP contribution < -0.4 is 4.74 Å². The number of hydrogen-bond acceptors (Lipinski definition) is 2. The molecule has 0 unspecified atom stereocenters. The Morgan fingerprint density at radius 1 is 1.24 bits per heavy atom. The van der Waals surface area contributed by atoms with Crippen molar-refractivity contribution in [1.82, 2.24) is 9.78 Å². The van der Waals surface area contributed by atoms with E-state index in [1.54, 1.807) is 0 Å². The zero-order valence-electron chi connectivity index (χ0n) is 10.1. The smallest absolute Gasteiger partial charge is 0.231 e. The van der Waals surface area contributed by atoms with Gasteiger partial charge in [-0.1, -0.05) is 18.2 Å². The molecule has 4 heteroatoms. The van der Waals surface area contributed by atoms with Crippen molar-refractivity contribution in [2.24, 2.45) is 0 Å². The van der Waals surface area contributed by atoms with E-state index in [0.29, 0.717) is 0 Å². The summed E-state index contributed by atoms with van der Waals surface area (Å²) in [6.07, 6.45) is 0.141. The van der Waals surface area contributed by atoms with Gasteiger partial charge in [0.25, 0.3) is 0 Å². The highest BCUT2D eigenvalue weighted by molar-refractivity contribution is 14.1. The molecule has 0 saturated heterocycles. The van der Waals surface area contributed by atoms with Crippen molar-refractivity contribution in [3.8, 4) is 11.6 Å². The molecule has 0 saturated carbocycles. The summed E-state index contributed by atoms with van der Waals surface area (Å²) in [5.41, 5.74) is 2.01. The zero-order valence-corrected chi connectivity index (χ0v) is 12.3. The number of hydrogen-bond donors (Lipinski definition) is 0. The minimum atomic E-state index is 0.141. The molecular weight excluding hydrogens is 327 g/mol. The number of aromatic nitrogens is 2. The minimum absolute atomic E-state index is 0.141. The molecule has 2 aromatic rings. The van der Waals surface area contributed by atoms with E-state index in [2.05, 4.69) is 27.7 Å². The highest BCUT2D eigenvalue weighted by Gasteiger charge is 2.16. The highest BCUT2D eigenvalue weighted by atomic mass is 127. The summed E-state index contributed by atoms with van der Waals surface area (Å²) in [4.78, 5) is 0. The van der Waals surface area contributed by atoms with Crippen molar-refractivity contribution in [3.63, 3.8) is 0 Å². The molecule has 0 spiro atoms. The van der Waals surface area contributed by atoms with Crippen LogP contribution >= 0.6 is 22.6 Å². The summed E-state index contributed by atoms with van der Waals surface area (Å²) >= 11 is 2.28. The normalized spacial score (nSPS) is 10.9. The lowest BCUT2D eigenvalue weighted by Crippen LogP contribution is -2.10. The molecule has 2 rings (SSSR count). The number of para-hydroxylation sites is 1. The Kier molecular flexibility index (Phi) is 3.71. The van der Waals surface area contributed by atoms with E-state index < -0.39 is 0 Å². The molecule has 1 aromatic heterocycles. The predicted molar refractivity (Wildman–Crippen MR) is 76.8 cm³/mol. The van der Waals surface area contributed by atoms with Crippen molar-refractivity contribution in [2.75, 3.05) is 0 Å². The number of benzene rings is 1. The van der Waals surface area contributed by atoms with Crippen molar-refractivity contribution in [3.05, 3.63) is 39.6 Å². The zero-order chi connectivity index (χ0) is 12.4. The van der Waals surface area contributed by atoms with Crippen LogP contribution in [0, 0.1) is 10.5 Å². The van der Waals surface area contributed by atoms with Crippen LogP contribution in [0.25, 0.3) is 5.69 Å². The third kappa shape index (κ3) is 2.62. The largest absolute Gasteiger partial charge is 0.474 e. The maximum Gasteiger partial charge on any atom is 0.231 e. The molecule has 0 aliphatic heterocycles. The second kappa shape index (κ2) is 5.08. The van der Waals surface area contributed by atoms with Crippen LogP contribution in [0.3, 0.4) is 0 Å². The Balaban J connectivity index is 2.50. The maximum atomic E-state index is 5.84. The average Bonchev–Trinajstić information content (AvgIpc) is 2.58. The molecule has 0 fully saturated rings. The second-order valence-electron chi connectivity index (χ2n) is 4.12. The van der Waals surface area contributed by atoms with Gasteiger partial charge in [-0.2, -0.15) is 9.78 Å². The van der Waals surface area contributed by atoms with E-state index in [0.717, 1.165) is 20.8 Å². The number of halogens is 1. The SMILES string of the molecule is Cc1nn(-c2ccccc2)c(OC(C)C)c1I. The van der Waals surface area contributed by atoms with E-state index in [4.69, 9.17) is 4.74 Å². The van der Waals surface area contributed by atoms with E-state index in [9.17, 15) is 0 Å². The predicted octanol–water partition coefficient (Wildman–Crippen LogP) is 3.57. The van der Waals surface area contributed by atoms with E-state index in [1.807, 2.05) is 55.8 Å². The molecule has 0 atom stereocenters. The molecule has 1 heterocycles. The van der Waals surface area contributed by atoms with Gasteiger partial charge in [-0.15, -0.1) is 0 Å². The lowest BCUT2D eigenvalue weighted by Gasteiger charge is -2.12. The van der Waals surface area contributed by atoms with Gasteiger partial charge in [0.05, 0.1) is 21.1 Å². The Bertz CT molecular complexity index is 506. The van der Waals surface area contributed by atoms with Crippen LogP contribution in [0.1, 0.15) is 19.5 Å². The summed E-state index contributed by atoms with van der Waals surface area (Å²) in [7, 11) is 0. The Morgan fingerprint density at radius 2 is 1.88 bits per heavy atom. The monoisotopic (exact) mass is 342 g/mol. The first-order chi connectivity index (χ1) is 8.09. The lowest BCUT2D eigenvalue weighted by molar-refractivity contribution is 0.224. The van der Waals surface area contributed by atoms with Crippen molar-refractivity contribution in [2.45, 2.75) is 26.9 Å². The Hall–Kier alpha value is -1.04. The summed E-state index contributed by atoms with van der Waals surface area (Å²) in [5, 5.41) is 4.52. The molecular formula is C13H15IN2O. The lowest BCUT2D eigenvalue weighted by atomic mass is 10.3. The highest BCUT2D eigenvalue weighted by Crippen LogP contribution is 2.27. The number of ether oxygens (including phenoxy) is 1. The molecule has 0 radical (unpaired) electrons. The summed E-state index contributed by atoms with van der Waals surface area (Å²) in [6.45, 7) is 6.04. The van der Waals surface area contributed by atoms with Gasteiger partial charge in [0.15, 0.2) is 0 Å². The quantitative estimate of drug-likeness (QED) is 0.798. The molecule has 90 valence electrons.